The van der Waals surface area contributed by atoms with Gasteiger partial charge in [0.25, 0.3) is 5.91 Å². The highest BCUT2D eigenvalue weighted by Crippen LogP contribution is 2.49. The van der Waals surface area contributed by atoms with Crippen molar-refractivity contribution in [2.24, 2.45) is 7.05 Å². The van der Waals surface area contributed by atoms with Gasteiger partial charge in [0.05, 0.1) is 22.5 Å². The molecule has 0 atom stereocenters. The first-order valence-corrected chi connectivity index (χ1v) is 7.97. The summed E-state index contributed by atoms with van der Waals surface area (Å²) in [5.74, 6) is -0.685. The first-order valence-electron chi connectivity index (χ1n) is 7.97. The fourth-order valence-corrected chi connectivity index (χ4v) is 2.89. The molecule has 126 valence electrons. The Hall–Kier alpha value is -2.63. The number of anilines is 1. The lowest BCUT2D eigenvalue weighted by atomic mass is 9.96. The van der Waals surface area contributed by atoms with E-state index >= 15 is 0 Å². The van der Waals surface area contributed by atoms with E-state index in [2.05, 4.69) is 10.4 Å². The van der Waals surface area contributed by atoms with Gasteiger partial charge in [-0.25, -0.2) is 0 Å². The van der Waals surface area contributed by atoms with Gasteiger partial charge in [-0.2, -0.15) is 5.10 Å². The highest BCUT2D eigenvalue weighted by atomic mass is 16.5. The fraction of sp³-hybridized carbons (Fsp3) is 0.389. The fourth-order valence-electron chi connectivity index (χ4n) is 2.89. The zero-order chi connectivity index (χ0) is 17.3. The lowest BCUT2D eigenvalue weighted by molar-refractivity contribution is -0.150. The van der Waals surface area contributed by atoms with Crippen LogP contribution in [0.5, 0.6) is 0 Å². The standard InChI is InChI=1S/C18H21N3O3/c1-12-16(13(2)21(3)20-12)19-15(22)11-24-17(23)18(9-10-18)14-7-5-4-6-8-14/h4-8H,9-11H2,1-3H3,(H,19,22). The van der Waals surface area contributed by atoms with Crippen LogP contribution in [0, 0.1) is 13.8 Å². The first-order chi connectivity index (χ1) is 11.4. The molecule has 1 N–H and O–H groups in total. The van der Waals surface area contributed by atoms with Gasteiger partial charge in [0.2, 0.25) is 0 Å². The number of nitrogens with zero attached hydrogens (tertiary/aromatic N) is 2. The maximum Gasteiger partial charge on any atom is 0.317 e. The monoisotopic (exact) mass is 327 g/mol. The lowest BCUT2D eigenvalue weighted by Gasteiger charge is -2.14. The summed E-state index contributed by atoms with van der Waals surface area (Å²) in [6.45, 7) is 3.40. The second kappa shape index (κ2) is 6.11. The van der Waals surface area contributed by atoms with Crippen molar-refractivity contribution >= 4 is 17.6 Å². The zero-order valence-electron chi connectivity index (χ0n) is 14.1. The number of rotatable bonds is 5. The van der Waals surface area contributed by atoms with E-state index in [9.17, 15) is 9.59 Å². The van der Waals surface area contributed by atoms with E-state index in [0.29, 0.717) is 5.69 Å². The average Bonchev–Trinajstić information content (AvgIpc) is 3.35. The Morgan fingerprint density at radius 2 is 1.92 bits per heavy atom. The second-order valence-corrected chi connectivity index (χ2v) is 6.24. The van der Waals surface area contributed by atoms with Crippen molar-refractivity contribution in [3.8, 4) is 0 Å². The van der Waals surface area contributed by atoms with Crippen LogP contribution in [0.15, 0.2) is 30.3 Å². The van der Waals surface area contributed by atoms with Gasteiger partial charge in [-0.15, -0.1) is 0 Å². The summed E-state index contributed by atoms with van der Waals surface area (Å²) in [7, 11) is 1.81. The van der Waals surface area contributed by atoms with Crippen LogP contribution in [-0.4, -0.2) is 28.3 Å². The van der Waals surface area contributed by atoms with Crippen LogP contribution < -0.4 is 5.32 Å². The van der Waals surface area contributed by atoms with Crippen LogP contribution in [0.4, 0.5) is 5.69 Å². The van der Waals surface area contributed by atoms with Crippen molar-refractivity contribution in [2.45, 2.75) is 32.1 Å². The van der Waals surface area contributed by atoms with Gasteiger partial charge in [0.1, 0.15) is 0 Å². The Balaban J connectivity index is 1.60. The topological polar surface area (TPSA) is 73.2 Å². The van der Waals surface area contributed by atoms with E-state index in [1.54, 1.807) is 4.68 Å². The molecule has 1 amide bonds. The number of benzene rings is 1. The van der Waals surface area contributed by atoms with Gasteiger partial charge in [0, 0.05) is 7.05 Å². The van der Waals surface area contributed by atoms with E-state index in [-0.39, 0.29) is 18.5 Å². The molecule has 6 nitrogen and oxygen atoms in total. The third-order valence-corrected chi connectivity index (χ3v) is 4.57. The molecule has 0 bridgehead atoms. The summed E-state index contributed by atoms with van der Waals surface area (Å²) >= 11 is 0. The van der Waals surface area contributed by atoms with Crippen LogP contribution in [0.25, 0.3) is 0 Å². The molecule has 1 aliphatic carbocycles. The van der Waals surface area contributed by atoms with E-state index in [1.807, 2.05) is 51.2 Å². The van der Waals surface area contributed by atoms with Crippen LogP contribution in [0.2, 0.25) is 0 Å². The molecule has 2 aromatic rings. The molecule has 1 aromatic heterocycles. The summed E-state index contributed by atoms with van der Waals surface area (Å²) in [4.78, 5) is 24.5. The highest BCUT2D eigenvalue weighted by Gasteiger charge is 2.52. The van der Waals surface area contributed by atoms with E-state index in [4.69, 9.17) is 4.74 Å². The maximum absolute atomic E-state index is 12.4. The Kier molecular flexibility index (Phi) is 4.13. The minimum atomic E-state index is -0.568. The van der Waals surface area contributed by atoms with Gasteiger partial charge in [-0.3, -0.25) is 14.3 Å². The Bertz CT molecular complexity index is 776. The molecule has 6 heteroatoms. The Morgan fingerprint density at radius 3 is 2.46 bits per heavy atom. The van der Waals surface area contributed by atoms with Crippen molar-refractivity contribution in [3.05, 3.63) is 47.3 Å². The SMILES string of the molecule is Cc1nn(C)c(C)c1NC(=O)COC(=O)C1(c2ccccc2)CC1. The summed E-state index contributed by atoms with van der Waals surface area (Å²) in [6.07, 6.45) is 1.52. The summed E-state index contributed by atoms with van der Waals surface area (Å²) in [5.41, 5.74) is 2.65. The highest BCUT2D eigenvalue weighted by molar-refractivity contribution is 5.95. The summed E-state index contributed by atoms with van der Waals surface area (Å²) in [5, 5.41) is 7.01. The maximum atomic E-state index is 12.4. The lowest BCUT2D eigenvalue weighted by Crippen LogP contribution is -2.28. The van der Waals surface area contributed by atoms with Crippen LogP contribution >= 0.6 is 0 Å². The summed E-state index contributed by atoms with van der Waals surface area (Å²) in [6, 6.07) is 9.58. The number of esters is 1. The predicted octanol–water partition coefficient (Wildman–Crippen LogP) is 2.25. The third-order valence-electron chi connectivity index (χ3n) is 4.57. The van der Waals surface area contributed by atoms with E-state index in [1.165, 1.54) is 0 Å². The number of carbonyl (C=O) groups excluding carboxylic acids is 2. The van der Waals surface area contributed by atoms with Gasteiger partial charge < -0.3 is 10.1 Å². The van der Waals surface area contributed by atoms with E-state index < -0.39 is 5.41 Å². The van der Waals surface area contributed by atoms with Crippen molar-refractivity contribution in [1.29, 1.82) is 0 Å². The molecule has 3 rings (SSSR count). The number of nitrogens with one attached hydrogen (secondary N) is 1. The smallest absolute Gasteiger partial charge is 0.317 e. The van der Waals surface area contributed by atoms with Crippen molar-refractivity contribution in [1.82, 2.24) is 9.78 Å². The minimum absolute atomic E-state index is 0.290. The van der Waals surface area contributed by atoms with Crippen LogP contribution in [0.1, 0.15) is 29.8 Å². The number of hydrogen-bond acceptors (Lipinski definition) is 4. The van der Waals surface area contributed by atoms with E-state index in [0.717, 1.165) is 29.8 Å². The molecule has 0 unspecified atom stereocenters. The van der Waals surface area contributed by atoms with Crippen molar-refractivity contribution in [3.63, 3.8) is 0 Å². The molecule has 24 heavy (non-hydrogen) atoms. The van der Waals surface area contributed by atoms with Gasteiger partial charge >= 0.3 is 5.97 Å². The largest absolute Gasteiger partial charge is 0.455 e. The molecular formula is C18H21N3O3. The molecule has 1 aliphatic rings. The van der Waals surface area contributed by atoms with Gasteiger partial charge in [0.15, 0.2) is 6.61 Å². The van der Waals surface area contributed by atoms with Crippen LogP contribution in [0.3, 0.4) is 0 Å². The molecule has 1 aromatic carbocycles. The quantitative estimate of drug-likeness (QED) is 0.855. The molecule has 1 heterocycles. The number of ether oxygens (including phenoxy) is 1. The average molecular weight is 327 g/mol. The molecule has 0 radical (unpaired) electrons. The number of carbonyl (C=O) groups is 2. The van der Waals surface area contributed by atoms with Gasteiger partial charge in [-0.05, 0) is 32.3 Å². The molecule has 0 saturated heterocycles. The number of amides is 1. The van der Waals surface area contributed by atoms with Gasteiger partial charge in [-0.1, -0.05) is 30.3 Å². The minimum Gasteiger partial charge on any atom is -0.455 e. The van der Waals surface area contributed by atoms with Crippen LogP contribution in [-0.2, 0) is 26.8 Å². The van der Waals surface area contributed by atoms with Crippen molar-refractivity contribution < 1.29 is 14.3 Å². The normalized spacial score (nSPS) is 15.0. The second-order valence-electron chi connectivity index (χ2n) is 6.24. The summed E-state index contributed by atoms with van der Waals surface area (Å²) < 4.78 is 6.97. The number of aromatic nitrogens is 2. The molecular weight excluding hydrogens is 306 g/mol. The number of aryl methyl sites for hydroxylation is 2. The molecule has 1 fully saturated rings. The zero-order valence-corrected chi connectivity index (χ0v) is 14.1. The Labute approximate surface area is 140 Å². The predicted molar refractivity (Wildman–Crippen MR) is 89.6 cm³/mol. The third kappa shape index (κ3) is 2.91. The number of hydrogen-bond donors (Lipinski definition) is 1. The van der Waals surface area contributed by atoms with Crippen molar-refractivity contribution in [2.75, 3.05) is 11.9 Å². The first kappa shape index (κ1) is 16.2. The molecule has 0 spiro atoms. The Morgan fingerprint density at radius 1 is 1.25 bits per heavy atom. The molecule has 0 aliphatic heterocycles. The molecule has 1 saturated carbocycles.